The van der Waals surface area contributed by atoms with Crippen LogP contribution in [0.5, 0.6) is 0 Å². The maximum absolute atomic E-state index is 13.9. The van der Waals surface area contributed by atoms with Crippen molar-refractivity contribution in [1.29, 1.82) is 0 Å². The van der Waals surface area contributed by atoms with E-state index in [1.54, 1.807) is 0 Å². The van der Waals surface area contributed by atoms with E-state index in [2.05, 4.69) is 20.3 Å². The maximum Gasteiger partial charge on any atom is 0.420 e. The van der Waals surface area contributed by atoms with Crippen molar-refractivity contribution in [1.82, 2.24) is 28.7 Å². The molecular weight excluding hydrogens is 604 g/mol. The van der Waals surface area contributed by atoms with Crippen LogP contribution in [0.15, 0.2) is 43.0 Å². The van der Waals surface area contributed by atoms with Crippen molar-refractivity contribution in [3.8, 4) is 17.1 Å². The lowest BCUT2D eigenvalue weighted by Crippen LogP contribution is -2.42. The Morgan fingerprint density at radius 2 is 1.67 bits per heavy atom. The molecule has 1 aromatic carbocycles. The quantitative estimate of drug-likeness (QED) is 0.377. The molecule has 2 saturated heterocycles. The molecule has 2 N–H and O–H groups in total. The summed E-state index contributed by atoms with van der Waals surface area (Å²) in [6.45, 7) is 0.483. The fraction of sp³-hybridized carbons (Fsp3) is 0.500. The van der Waals surface area contributed by atoms with Crippen molar-refractivity contribution in [3.63, 3.8) is 0 Å². The van der Waals surface area contributed by atoms with Crippen LogP contribution in [0.2, 0.25) is 0 Å². The number of aliphatic hydroxyl groups excluding tert-OH is 1. The summed E-state index contributed by atoms with van der Waals surface area (Å²) in [5.74, 6) is -0.0788. The zero-order chi connectivity index (χ0) is 31.2. The molecule has 43 heavy (non-hydrogen) atoms. The number of alkyl halides is 6. The first-order valence-corrected chi connectivity index (χ1v) is 15.2. The molecule has 0 aliphatic carbocycles. The molecule has 4 heterocycles. The van der Waals surface area contributed by atoms with Gasteiger partial charge in [-0.15, -0.1) is 0 Å². The zero-order valence-electron chi connectivity index (χ0n) is 22.8. The number of anilines is 1. The number of rotatable bonds is 7. The van der Waals surface area contributed by atoms with Gasteiger partial charge >= 0.3 is 12.4 Å². The molecule has 0 bridgehead atoms. The van der Waals surface area contributed by atoms with Gasteiger partial charge in [0, 0.05) is 50.3 Å². The van der Waals surface area contributed by atoms with Crippen LogP contribution in [0, 0.1) is 0 Å². The topological polar surface area (TPSA) is 116 Å². The van der Waals surface area contributed by atoms with Crippen molar-refractivity contribution in [2.45, 2.75) is 49.8 Å². The second-order valence-corrected chi connectivity index (χ2v) is 12.7. The molecule has 17 heteroatoms. The Morgan fingerprint density at radius 3 is 2.23 bits per heavy atom. The molecule has 0 amide bonds. The molecule has 2 aromatic heterocycles. The first-order valence-electron chi connectivity index (χ1n) is 13.4. The Hall–Kier alpha value is -3.28. The van der Waals surface area contributed by atoms with Gasteiger partial charge in [0.25, 0.3) is 0 Å². The van der Waals surface area contributed by atoms with Crippen LogP contribution < -0.4 is 5.32 Å². The zero-order valence-corrected chi connectivity index (χ0v) is 23.7. The molecule has 3 aromatic rings. The molecule has 0 saturated carbocycles. The van der Waals surface area contributed by atoms with Crippen LogP contribution in [-0.4, -0.2) is 93.0 Å². The summed E-state index contributed by atoms with van der Waals surface area (Å²) >= 11 is 0. The number of likely N-dealkylation sites (tertiary alicyclic amines) is 1. The largest absolute Gasteiger partial charge is 0.420 e. The van der Waals surface area contributed by atoms with Crippen LogP contribution in [0.25, 0.3) is 17.1 Å². The summed E-state index contributed by atoms with van der Waals surface area (Å²) in [7, 11) is -3.35. The third-order valence-electron chi connectivity index (χ3n) is 7.55. The van der Waals surface area contributed by atoms with Gasteiger partial charge in [-0.05, 0) is 37.0 Å². The summed E-state index contributed by atoms with van der Waals surface area (Å²) in [5, 5.41) is 12.7. The Kier molecular flexibility index (Phi) is 8.45. The standard InChI is InChI=1S/C26H29F6N7O3S/c1-43(41,42)39-10-6-17(7-11-39)35-24-33-12-20(25(27,28)29)22(36-24)21-14-38(15-34-21)18-4-2-16(3-5-18)23(26(30,31)32)37-9-8-19(40)13-37/h2-5,12,14-15,17,19,23,40H,6-11,13H2,1H3,(H,33,35,36)/t19-,23?/m0/s1. The molecule has 2 aliphatic rings. The number of β-amino-alcohol motifs (C(OH)–C–C–N with tert-alkyl or cyclic N) is 1. The number of imidazole rings is 1. The van der Waals surface area contributed by atoms with Gasteiger partial charge in [0.2, 0.25) is 16.0 Å². The number of benzene rings is 1. The molecule has 10 nitrogen and oxygen atoms in total. The number of hydrogen-bond acceptors (Lipinski definition) is 8. The number of sulfonamides is 1. The van der Waals surface area contributed by atoms with E-state index >= 15 is 0 Å². The second-order valence-electron chi connectivity index (χ2n) is 10.7. The first kappa shape index (κ1) is 31.2. The number of aromatic nitrogens is 4. The fourth-order valence-corrected chi connectivity index (χ4v) is 6.27. The van der Waals surface area contributed by atoms with Crippen molar-refractivity contribution in [2.24, 2.45) is 0 Å². The summed E-state index contributed by atoms with van der Waals surface area (Å²) in [6.07, 6.45) is -4.86. The summed E-state index contributed by atoms with van der Waals surface area (Å²) in [6, 6.07) is 3.24. The molecule has 0 spiro atoms. The number of aliphatic hydroxyl groups is 1. The third-order valence-corrected chi connectivity index (χ3v) is 8.86. The highest BCUT2D eigenvalue weighted by Gasteiger charge is 2.46. The van der Waals surface area contributed by atoms with Gasteiger partial charge in [0.15, 0.2) is 0 Å². The Balaban J connectivity index is 1.37. The van der Waals surface area contributed by atoms with E-state index in [4.69, 9.17) is 0 Å². The molecule has 2 aliphatic heterocycles. The summed E-state index contributed by atoms with van der Waals surface area (Å²) in [4.78, 5) is 13.2. The highest BCUT2D eigenvalue weighted by Crippen LogP contribution is 2.40. The number of nitrogens with one attached hydrogen (secondary N) is 1. The number of halogens is 6. The molecular formula is C26H29F6N7O3S. The monoisotopic (exact) mass is 633 g/mol. The van der Waals surface area contributed by atoms with Crippen molar-refractivity contribution < 1.29 is 39.9 Å². The van der Waals surface area contributed by atoms with E-state index in [1.165, 1.54) is 50.6 Å². The van der Waals surface area contributed by atoms with Gasteiger partial charge in [0.1, 0.15) is 23.0 Å². The van der Waals surface area contributed by atoms with Crippen molar-refractivity contribution in [2.75, 3.05) is 37.8 Å². The molecule has 234 valence electrons. The minimum absolute atomic E-state index is 0.0288. The first-order chi connectivity index (χ1) is 20.1. The molecule has 0 radical (unpaired) electrons. The average molecular weight is 634 g/mol. The summed E-state index contributed by atoms with van der Waals surface area (Å²) in [5.41, 5.74) is -1.40. The summed E-state index contributed by atoms with van der Waals surface area (Å²) < 4.78 is 110. The van der Waals surface area contributed by atoms with E-state index in [0.29, 0.717) is 24.7 Å². The van der Waals surface area contributed by atoms with Crippen LogP contribution in [0.4, 0.5) is 32.3 Å². The average Bonchev–Trinajstić information content (AvgIpc) is 3.57. The van der Waals surface area contributed by atoms with E-state index in [0.717, 1.165) is 6.26 Å². The van der Waals surface area contributed by atoms with E-state index in [1.807, 2.05) is 0 Å². The highest BCUT2D eigenvalue weighted by atomic mass is 32.2. The minimum atomic E-state index is -4.80. The molecule has 2 atom stereocenters. The second kappa shape index (κ2) is 11.7. The van der Waals surface area contributed by atoms with Crippen LogP contribution >= 0.6 is 0 Å². The van der Waals surface area contributed by atoms with Crippen LogP contribution in [-0.2, 0) is 16.2 Å². The minimum Gasteiger partial charge on any atom is -0.392 e. The van der Waals surface area contributed by atoms with Gasteiger partial charge in [0.05, 0.1) is 18.7 Å². The van der Waals surface area contributed by atoms with E-state index in [9.17, 15) is 39.9 Å². The Labute approximate surface area is 243 Å². The SMILES string of the molecule is CS(=O)(=O)N1CCC(Nc2ncc(C(F)(F)F)c(-c3cn(-c4ccc(C(N5CC[C@H](O)C5)C(F)(F)F)cc4)cn3)n2)CC1. The number of nitrogens with zero attached hydrogens (tertiary/aromatic N) is 6. The lowest BCUT2D eigenvalue weighted by molar-refractivity contribution is -0.184. The molecule has 2 fully saturated rings. The third kappa shape index (κ3) is 7.11. The predicted molar refractivity (Wildman–Crippen MR) is 144 cm³/mol. The molecule has 1 unspecified atom stereocenters. The number of hydrogen-bond donors (Lipinski definition) is 2. The van der Waals surface area contributed by atoms with E-state index in [-0.39, 0.29) is 55.8 Å². The van der Waals surface area contributed by atoms with Gasteiger partial charge in [-0.3, -0.25) is 4.90 Å². The van der Waals surface area contributed by atoms with Gasteiger partial charge in [-0.1, -0.05) is 12.1 Å². The predicted octanol–water partition coefficient (Wildman–Crippen LogP) is 3.85. The Morgan fingerprint density at radius 1 is 1.00 bits per heavy atom. The van der Waals surface area contributed by atoms with Gasteiger partial charge < -0.3 is 15.0 Å². The lowest BCUT2D eigenvalue weighted by atomic mass is 10.0. The smallest absolute Gasteiger partial charge is 0.392 e. The number of piperidine rings is 1. The fourth-order valence-electron chi connectivity index (χ4n) is 5.39. The van der Waals surface area contributed by atoms with Gasteiger partial charge in [-0.2, -0.15) is 26.3 Å². The van der Waals surface area contributed by atoms with E-state index < -0.39 is 45.8 Å². The van der Waals surface area contributed by atoms with Crippen LogP contribution in [0.1, 0.15) is 36.4 Å². The maximum atomic E-state index is 13.9. The lowest BCUT2D eigenvalue weighted by Gasteiger charge is -2.30. The van der Waals surface area contributed by atoms with Crippen molar-refractivity contribution in [3.05, 3.63) is 54.1 Å². The highest BCUT2D eigenvalue weighted by molar-refractivity contribution is 7.88. The van der Waals surface area contributed by atoms with Crippen molar-refractivity contribution >= 4 is 16.0 Å². The Bertz CT molecular complexity index is 1540. The van der Waals surface area contributed by atoms with Crippen LogP contribution in [0.3, 0.4) is 0 Å². The molecule has 5 rings (SSSR count). The van der Waals surface area contributed by atoms with Gasteiger partial charge in [-0.25, -0.2) is 27.7 Å². The normalized spacial score (nSPS) is 20.4.